The molecular formula is C23H23FN6O2. The topological polar surface area (TPSA) is 123 Å². The van der Waals surface area contributed by atoms with E-state index < -0.39 is 5.91 Å². The molecule has 0 saturated carbocycles. The first-order valence-corrected chi connectivity index (χ1v) is 10.2. The largest absolute Gasteiger partial charge is 0.457 e. The van der Waals surface area contributed by atoms with Crippen LogP contribution in [0.5, 0.6) is 11.5 Å². The van der Waals surface area contributed by atoms with Crippen molar-refractivity contribution in [2.24, 2.45) is 5.73 Å². The highest BCUT2D eigenvalue weighted by Crippen LogP contribution is 2.33. The van der Waals surface area contributed by atoms with E-state index in [2.05, 4.69) is 11.3 Å². The molecule has 8 nitrogen and oxygen atoms in total. The van der Waals surface area contributed by atoms with Crippen molar-refractivity contribution in [1.82, 2.24) is 14.7 Å². The van der Waals surface area contributed by atoms with Crippen LogP contribution in [0, 0.1) is 24.2 Å². The van der Waals surface area contributed by atoms with E-state index >= 15 is 0 Å². The summed E-state index contributed by atoms with van der Waals surface area (Å²) in [5.74, 6) is 0.293. The second kappa shape index (κ2) is 8.59. The molecule has 1 amide bonds. The van der Waals surface area contributed by atoms with E-state index in [4.69, 9.17) is 16.2 Å². The standard InChI is InChI=1S/C23H23FN6O2/c1-14-11-18(8-9-19(14)24)32-17-6-4-15(5-7-17)21-20(23(27)31)22(26)30(28-21)16-3-2-10-29(12-16)13-25/h4-9,11,16H,2-3,10,12,26H2,1H3,(H2,27,31). The van der Waals surface area contributed by atoms with Gasteiger partial charge in [0.05, 0.1) is 12.6 Å². The Morgan fingerprint density at radius 1 is 1.25 bits per heavy atom. The maximum absolute atomic E-state index is 13.5. The van der Waals surface area contributed by atoms with Crippen molar-refractivity contribution in [2.75, 3.05) is 18.8 Å². The van der Waals surface area contributed by atoms with Crippen molar-refractivity contribution in [3.05, 3.63) is 59.4 Å². The van der Waals surface area contributed by atoms with Crippen LogP contribution < -0.4 is 16.2 Å². The molecule has 4 rings (SSSR count). The summed E-state index contributed by atoms with van der Waals surface area (Å²) in [7, 11) is 0. The lowest BCUT2D eigenvalue weighted by Crippen LogP contribution is -2.34. The Kier molecular flexibility index (Phi) is 5.69. The van der Waals surface area contributed by atoms with Crippen molar-refractivity contribution in [2.45, 2.75) is 25.8 Å². The lowest BCUT2D eigenvalue weighted by Gasteiger charge is -2.29. The number of nitrogens with zero attached hydrogens (tertiary/aromatic N) is 4. The highest BCUT2D eigenvalue weighted by atomic mass is 19.1. The van der Waals surface area contributed by atoms with Gasteiger partial charge >= 0.3 is 0 Å². The normalized spacial score (nSPS) is 15.9. The summed E-state index contributed by atoms with van der Waals surface area (Å²) in [5.41, 5.74) is 13.6. The SMILES string of the molecule is Cc1cc(Oc2ccc(-c3nn(C4CCCN(C#N)C4)c(N)c3C(N)=O)cc2)ccc1F. The summed E-state index contributed by atoms with van der Waals surface area (Å²) in [6.07, 6.45) is 3.78. The van der Waals surface area contributed by atoms with Gasteiger partial charge in [-0.1, -0.05) is 0 Å². The van der Waals surface area contributed by atoms with Crippen LogP contribution in [0.2, 0.25) is 0 Å². The smallest absolute Gasteiger partial charge is 0.254 e. The second-order valence-electron chi connectivity index (χ2n) is 7.80. The summed E-state index contributed by atoms with van der Waals surface area (Å²) < 4.78 is 20.8. The quantitative estimate of drug-likeness (QED) is 0.592. The Hall–Kier alpha value is -4.06. The number of rotatable bonds is 5. The molecule has 0 bridgehead atoms. The molecule has 2 aromatic carbocycles. The molecule has 1 aromatic heterocycles. The van der Waals surface area contributed by atoms with Gasteiger partial charge in [-0.05, 0) is 67.8 Å². The monoisotopic (exact) mass is 434 g/mol. The van der Waals surface area contributed by atoms with Gasteiger partial charge in [-0.25, -0.2) is 9.07 Å². The number of aromatic nitrogens is 2. The molecule has 1 aliphatic heterocycles. The van der Waals surface area contributed by atoms with Crippen molar-refractivity contribution in [3.8, 4) is 28.9 Å². The number of nitrogens with two attached hydrogens (primary N) is 2. The third-order valence-corrected chi connectivity index (χ3v) is 5.57. The first-order chi connectivity index (χ1) is 15.4. The van der Waals surface area contributed by atoms with Crippen LogP contribution in [0.1, 0.15) is 34.8 Å². The van der Waals surface area contributed by atoms with Crippen LogP contribution in [-0.4, -0.2) is 33.7 Å². The number of nitriles is 1. The van der Waals surface area contributed by atoms with Gasteiger partial charge in [0.2, 0.25) is 0 Å². The Balaban J connectivity index is 1.63. The molecule has 1 fully saturated rings. The van der Waals surface area contributed by atoms with Crippen molar-refractivity contribution in [3.63, 3.8) is 0 Å². The maximum atomic E-state index is 13.5. The fourth-order valence-electron chi connectivity index (χ4n) is 3.91. The average Bonchev–Trinajstić information content (AvgIpc) is 3.14. The van der Waals surface area contributed by atoms with E-state index in [0.29, 0.717) is 41.4 Å². The molecule has 32 heavy (non-hydrogen) atoms. The number of piperidine rings is 1. The van der Waals surface area contributed by atoms with Gasteiger partial charge in [0.1, 0.15) is 34.4 Å². The van der Waals surface area contributed by atoms with E-state index in [1.165, 1.54) is 6.07 Å². The lowest BCUT2D eigenvalue weighted by molar-refractivity contribution is 0.100. The number of anilines is 1. The molecule has 1 aliphatic rings. The summed E-state index contributed by atoms with van der Waals surface area (Å²) in [4.78, 5) is 13.8. The molecular weight excluding hydrogens is 411 g/mol. The van der Waals surface area contributed by atoms with Crippen molar-refractivity contribution >= 4 is 11.7 Å². The summed E-state index contributed by atoms with van der Waals surface area (Å²) in [5, 5.41) is 13.8. The fourth-order valence-corrected chi connectivity index (χ4v) is 3.91. The number of primary amides is 1. The van der Waals surface area contributed by atoms with Crippen LogP contribution in [0.4, 0.5) is 10.2 Å². The minimum atomic E-state index is -0.668. The number of nitrogen functional groups attached to an aromatic ring is 1. The minimum Gasteiger partial charge on any atom is -0.457 e. The van der Waals surface area contributed by atoms with Crippen molar-refractivity contribution < 1.29 is 13.9 Å². The number of ether oxygens (including phenoxy) is 1. The zero-order chi connectivity index (χ0) is 22.8. The van der Waals surface area contributed by atoms with Crippen LogP contribution in [-0.2, 0) is 0 Å². The number of carbonyl (C=O) groups excluding carboxylic acids is 1. The van der Waals surface area contributed by atoms with E-state index in [-0.39, 0.29) is 23.2 Å². The van der Waals surface area contributed by atoms with Crippen LogP contribution in [0.25, 0.3) is 11.3 Å². The number of carbonyl (C=O) groups is 1. The molecule has 2 heterocycles. The molecule has 9 heteroatoms. The van der Waals surface area contributed by atoms with E-state index in [1.54, 1.807) is 52.9 Å². The fraction of sp³-hybridized carbons (Fsp3) is 0.261. The minimum absolute atomic E-state index is 0.125. The zero-order valence-corrected chi connectivity index (χ0v) is 17.6. The second-order valence-corrected chi connectivity index (χ2v) is 7.80. The number of likely N-dealkylation sites (tertiary alicyclic amines) is 1. The van der Waals surface area contributed by atoms with Crippen molar-refractivity contribution in [1.29, 1.82) is 5.26 Å². The highest BCUT2D eigenvalue weighted by molar-refractivity contribution is 6.03. The first kappa shape index (κ1) is 21.2. The van der Waals surface area contributed by atoms with E-state index in [1.807, 2.05) is 0 Å². The van der Waals surface area contributed by atoms with Crippen LogP contribution in [0.3, 0.4) is 0 Å². The molecule has 1 atom stereocenters. The molecule has 1 saturated heterocycles. The first-order valence-electron chi connectivity index (χ1n) is 10.2. The van der Waals surface area contributed by atoms with Gasteiger partial charge in [0.15, 0.2) is 6.19 Å². The van der Waals surface area contributed by atoms with Gasteiger partial charge in [-0.3, -0.25) is 4.79 Å². The number of benzene rings is 2. The van der Waals surface area contributed by atoms with E-state index in [9.17, 15) is 14.4 Å². The van der Waals surface area contributed by atoms with Gasteiger partial charge in [-0.15, -0.1) is 0 Å². The molecule has 0 aliphatic carbocycles. The molecule has 1 unspecified atom stereocenters. The van der Waals surface area contributed by atoms with Gasteiger partial charge in [0.25, 0.3) is 5.91 Å². The lowest BCUT2D eigenvalue weighted by atomic mass is 10.1. The predicted molar refractivity (Wildman–Crippen MR) is 117 cm³/mol. The number of hydrogen-bond acceptors (Lipinski definition) is 6. The third kappa shape index (κ3) is 4.07. The zero-order valence-electron chi connectivity index (χ0n) is 17.6. The van der Waals surface area contributed by atoms with Gasteiger partial charge in [0, 0.05) is 12.1 Å². The summed E-state index contributed by atoms with van der Waals surface area (Å²) in [6.45, 7) is 2.84. The highest BCUT2D eigenvalue weighted by Gasteiger charge is 2.28. The van der Waals surface area contributed by atoms with Gasteiger partial charge in [-0.2, -0.15) is 10.4 Å². The molecule has 164 valence electrons. The Morgan fingerprint density at radius 3 is 2.62 bits per heavy atom. The molecule has 0 radical (unpaired) electrons. The summed E-state index contributed by atoms with van der Waals surface area (Å²) in [6, 6.07) is 11.4. The Morgan fingerprint density at radius 2 is 1.97 bits per heavy atom. The maximum Gasteiger partial charge on any atom is 0.254 e. The van der Waals surface area contributed by atoms with E-state index in [0.717, 1.165) is 12.8 Å². The number of aryl methyl sites for hydroxylation is 1. The number of amides is 1. The Bertz CT molecular complexity index is 1200. The van der Waals surface area contributed by atoms with Crippen LogP contribution >= 0.6 is 0 Å². The molecule has 4 N–H and O–H groups in total. The number of hydrogen-bond donors (Lipinski definition) is 2. The predicted octanol–water partition coefficient (Wildman–Crippen LogP) is 3.59. The van der Waals surface area contributed by atoms with Crippen LogP contribution in [0.15, 0.2) is 42.5 Å². The van der Waals surface area contributed by atoms with Gasteiger partial charge < -0.3 is 21.1 Å². The average molecular weight is 434 g/mol. The summed E-state index contributed by atoms with van der Waals surface area (Å²) >= 11 is 0. The molecule has 3 aromatic rings. The Labute approximate surface area is 184 Å². The molecule has 0 spiro atoms. The third-order valence-electron chi connectivity index (χ3n) is 5.57. The number of halogens is 1.